The molecule has 0 fully saturated rings. The molecule has 0 unspecified atom stereocenters. The van der Waals surface area contributed by atoms with Gasteiger partial charge in [0.15, 0.2) is 0 Å². The molecule has 22 heavy (non-hydrogen) atoms. The zero-order valence-electron chi connectivity index (χ0n) is 13.3. The van der Waals surface area contributed by atoms with E-state index in [2.05, 4.69) is 28.6 Å². The van der Waals surface area contributed by atoms with Crippen LogP contribution in [0, 0.1) is 12.8 Å². The second kappa shape index (κ2) is 6.34. The maximum Gasteiger partial charge on any atom is 0.226 e. The molecule has 0 spiro atoms. The highest BCUT2D eigenvalue weighted by molar-refractivity contribution is 5.78. The average molecular weight is 297 g/mol. The summed E-state index contributed by atoms with van der Waals surface area (Å²) in [4.78, 5) is 18.6. The predicted molar refractivity (Wildman–Crippen MR) is 86.6 cm³/mol. The van der Waals surface area contributed by atoms with Gasteiger partial charge in [0.25, 0.3) is 0 Å². The van der Waals surface area contributed by atoms with E-state index >= 15 is 0 Å². The summed E-state index contributed by atoms with van der Waals surface area (Å²) in [5.74, 6) is 1.89. The van der Waals surface area contributed by atoms with Crippen LogP contribution in [0.25, 0.3) is 0 Å². The van der Waals surface area contributed by atoms with Gasteiger partial charge in [-0.1, -0.05) is 29.8 Å². The third-order valence-corrected chi connectivity index (χ3v) is 4.43. The summed E-state index contributed by atoms with van der Waals surface area (Å²) >= 11 is 0. The number of carbonyl (C=O) groups is 1. The van der Waals surface area contributed by atoms with Crippen molar-refractivity contribution < 1.29 is 4.79 Å². The topological polar surface area (TPSA) is 38.1 Å². The van der Waals surface area contributed by atoms with Crippen LogP contribution in [0.3, 0.4) is 0 Å². The monoisotopic (exact) mass is 297 g/mol. The van der Waals surface area contributed by atoms with Crippen molar-refractivity contribution >= 4 is 5.91 Å². The molecular weight excluding hydrogens is 274 g/mol. The van der Waals surface area contributed by atoms with Crippen LogP contribution in [0.1, 0.15) is 23.4 Å². The molecule has 1 aromatic carbocycles. The highest BCUT2D eigenvalue weighted by Gasteiger charge is 2.21. The van der Waals surface area contributed by atoms with E-state index in [1.165, 1.54) is 11.4 Å². The number of carbonyl (C=O) groups excluding carboxylic acids is 1. The maximum absolute atomic E-state index is 12.4. The van der Waals surface area contributed by atoms with E-state index in [-0.39, 0.29) is 5.91 Å². The van der Waals surface area contributed by atoms with E-state index in [1.807, 2.05) is 36.5 Å². The Morgan fingerprint density at radius 1 is 1.45 bits per heavy atom. The smallest absolute Gasteiger partial charge is 0.226 e. The molecule has 1 amide bonds. The Morgan fingerprint density at radius 3 is 3.14 bits per heavy atom. The zero-order chi connectivity index (χ0) is 15.5. The van der Waals surface area contributed by atoms with Crippen molar-refractivity contribution in [1.82, 2.24) is 14.5 Å². The van der Waals surface area contributed by atoms with Gasteiger partial charge in [0.1, 0.15) is 5.82 Å². The minimum Gasteiger partial charge on any atom is -0.345 e. The molecule has 0 saturated carbocycles. The largest absolute Gasteiger partial charge is 0.345 e. The first-order valence-electron chi connectivity index (χ1n) is 7.91. The van der Waals surface area contributed by atoms with Gasteiger partial charge in [-0.3, -0.25) is 4.79 Å². The molecule has 116 valence electrons. The van der Waals surface area contributed by atoms with E-state index in [9.17, 15) is 4.79 Å². The number of imidazole rings is 1. The SMILES string of the molecule is Cc1cccc(CC(=O)N(C)C[C@@H]2CCc3nccn3C2)c1. The highest BCUT2D eigenvalue weighted by Crippen LogP contribution is 2.19. The van der Waals surface area contributed by atoms with Gasteiger partial charge >= 0.3 is 0 Å². The summed E-state index contributed by atoms with van der Waals surface area (Å²) in [5.41, 5.74) is 2.30. The normalized spacial score (nSPS) is 17.1. The fraction of sp³-hybridized carbons (Fsp3) is 0.444. The van der Waals surface area contributed by atoms with Gasteiger partial charge in [-0.25, -0.2) is 4.98 Å². The van der Waals surface area contributed by atoms with Crippen LogP contribution in [0.4, 0.5) is 0 Å². The zero-order valence-corrected chi connectivity index (χ0v) is 13.3. The van der Waals surface area contributed by atoms with Crippen LogP contribution in [0.5, 0.6) is 0 Å². The van der Waals surface area contributed by atoms with Crippen LogP contribution in [0.15, 0.2) is 36.7 Å². The summed E-state index contributed by atoms with van der Waals surface area (Å²) in [7, 11) is 1.92. The van der Waals surface area contributed by atoms with E-state index in [0.29, 0.717) is 12.3 Å². The van der Waals surface area contributed by atoms with E-state index in [0.717, 1.165) is 31.5 Å². The molecule has 1 aromatic heterocycles. The third-order valence-electron chi connectivity index (χ3n) is 4.43. The van der Waals surface area contributed by atoms with E-state index in [4.69, 9.17) is 0 Å². The third kappa shape index (κ3) is 3.38. The molecule has 0 saturated heterocycles. The Kier molecular flexibility index (Phi) is 4.27. The van der Waals surface area contributed by atoms with Crippen LogP contribution in [-0.2, 0) is 24.2 Å². The Bertz CT molecular complexity index is 662. The summed E-state index contributed by atoms with van der Waals surface area (Å²) in [5, 5.41) is 0. The number of benzene rings is 1. The van der Waals surface area contributed by atoms with Crippen LogP contribution >= 0.6 is 0 Å². The first-order valence-corrected chi connectivity index (χ1v) is 7.91. The van der Waals surface area contributed by atoms with Gasteiger partial charge in [0.05, 0.1) is 6.42 Å². The minimum atomic E-state index is 0.196. The second-order valence-corrected chi connectivity index (χ2v) is 6.34. The lowest BCUT2D eigenvalue weighted by atomic mass is 9.98. The number of hydrogen-bond donors (Lipinski definition) is 0. The second-order valence-electron chi connectivity index (χ2n) is 6.34. The molecule has 3 rings (SSSR count). The average Bonchev–Trinajstić information content (AvgIpc) is 2.94. The number of aryl methyl sites for hydroxylation is 2. The van der Waals surface area contributed by atoms with Crippen molar-refractivity contribution in [2.75, 3.05) is 13.6 Å². The predicted octanol–water partition coefficient (Wildman–Crippen LogP) is 2.46. The van der Waals surface area contributed by atoms with Crippen molar-refractivity contribution in [2.45, 2.75) is 32.7 Å². The van der Waals surface area contributed by atoms with Gasteiger partial charge in [-0.05, 0) is 24.8 Å². The Balaban J connectivity index is 1.55. The van der Waals surface area contributed by atoms with Gasteiger partial charge in [-0.2, -0.15) is 0 Å². The highest BCUT2D eigenvalue weighted by atomic mass is 16.2. The van der Waals surface area contributed by atoms with Gasteiger partial charge in [0, 0.05) is 39.0 Å². The van der Waals surface area contributed by atoms with Crippen molar-refractivity contribution in [2.24, 2.45) is 5.92 Å². The number of likely N-dealkylation sites (N-methyl/N-ethyl adjacent to an activating group) is 1. The Labute approximate surface area is 131 Å². The first-order chi connectivity index (χ1) is 10.6. The van der Waals surface area contributed by atoms with Gasteiger partial charge in [-0.15, -0.1) is 0 Å². The molecule has 4 nitrogen and oxygen atoms in total. The van der Waals surface area contributed by atoms with Gasteiger partial charge < -0.3 is 9.47 Å². The molecule has 2 aromatic rings. The van der Waals surface area contributed by atoms with Crippen molar-refractivity contribution in [3.8, 4) is 0 Å². The molecule has 0 bridgehead atoms. The van der Waals surface area contributed by atoms with Crippen LogP contribution in [0.2, 0.25) is 0 Å². The Hall–Kier alpha value is -2.10. The van der Waals surface area contributed by atoms with Crippen molar-refractivity contribution in [1.29, 1.82) is 0 Å². The molecular formula is C18H23N3O. The van der Waals surface area contributed by atoms with E-state index in [1.54, 1.807) is 0 Å². The number of amides is 1. The lowest BCUT2D eigenvalue weighted by Gasteiger charge is -2.28. The van der Waals surface area contributed by atoms with Gasteiger partial charge in [0.2, 0.25) is 5.91 Å². The molecule has 1 aliphatic heterocycles. The minimum absolute atomic E-state index is 0.196. The standard InChI is InChI=1S/C18H23N3O/c1-14-4-3-5-15(10-14)11-18(22)20(2)12-16-6-7-17-19-8-9-21(17)13-16/h3-5,8-10,16H,6-7,11-13H2,1-2H3/t16-/m0/s1. The quantitative estimate of drug-likeness (QED) is 0.869. The number of aromatic nitrogens is 2. The number of rotatable bonds is 4. The molecule has 4 heteroatoms. The molecule has 2 heterocycles. The molecule has 0 N–H and O–H groups in total. The summed E-state index contributed by atoms with van der Waals surface area (Å²) in [6.45, 7) is 3.85. The van der Waals surface area contributed by atoms with Crippen LogP contribution < -0.4 is 0 Å². The molecule has 1 atom stereocenters. The fourth-order valence-electron chi connectivity index (χ4n) is 3.21. The van der Waals surface area contributed by atoms with Crippen molar-refractivity contribution in [3.05, 3.63) is 53.6 Å². The first kappa shape index (κ1) is 14.8. The van der Waals surface area contributed by atoms with Crippen LogP contribution in [-0.4, -0.2) is 34.0 Å². The molecule has 0 radical (unpaired) electrons. The van der Waals surface area contributed by atoms with E-state index < -0.39 is 0 Å². The molecule has 1 aliphatic rings. The summed E-state index contributed by atoms with van der Waals surface area (Å²) < 4.78 is 2.22. The molecule has 0 aliphatic carbocycles. The summed E-state index contributed by atoms with van der Waals surface area (Å²) in [6.07, 6.45) is 6.51. The lowest BCUT2D eigenvalue weighted by Crippen LogP contribution is -2.36. The Morgan fingerprint density at radius 2 is 2.32 bits per heavy atom. The maximum atomic E-state index is 12.4. The van der Waals surface area contributed by atoms with Crippen molar-refractivity contribution in [3.63, 3.8) is 0 Å². The lowest BCUT2D eigenvalue weighted by molar-refractivity contribution is -0.129. The number of hydrogen-bond acceptors (Lipinski definition) is 2. The summed E-state index contributed by atoms with van der Waals surface area (Å²) in [6, 6.07) is 8.18. The fourth-order valence-corrected chi connectivity index (χ4v) is 3.21. The number of fused-ring (bicyclic) bond motifs is 1. The number of nitrogens with zero attached hydrogens (tertiary/aromatic N) is 3.